The zero-order valence-corrected chi connectivity index (χ0v) is 16.3. The normalized spacial score (nSPS) is 16.6. The summed E-state index contributed by atoms with van der Waals surface area (Å²) >= 11 is 1.37. The van der Waals surface area contributed by atoms with Gasteiger partial charge in [-0.3, -0.25) is 4.79 Å². The van der Waals surface area contributed by atoms with Crippen molar-refractivity contribution in [2.24, 2.45) is 5.10 Å². The van der Waals surface area contributed by atoms with Crippen molar-refractivity contribution in [3.05, 3.63) is 59.0 Å². The van der Waals surface area contributed by atoms with E-state index in [1.165, 1.54) is 16.3 Å². The van der Waals surface area contributed by atoms with Crippen LogP contribution in [0.2, 0.25) is 0 Å². The second-order valence-electron chi connectivity index (χ2n) is 6.61. The molecule has 3 heterocycles. The molecule has 2 radical (unpaired) electrons. The number of nitrogens with zero attached hydrogens (tertiary/aromatic N) is 3. The first-order valence-electron chi connectivity index (χ1n) is 8.91. The molecular weight excluding hydrogens is 385 g/mol. The fraction of sp³-hybridized carbons (Fsp3) is 0.0952. The Bertz CT molecular complexity index is 1180. The highest BCUT2D eigenvalue weighted by Gasteiger charge is 2.31. The van der Waals surface area contributed by atoms with Gasteiger partial charge in [-0.25, -0.2) is 4.98 Å². The number of rotatable bonds is 3. The maximum atomic E-state index is 13.0. The number of benzene rings is 2. The van der Waals surface area contributed by atoms with Gasteiger partial charge in [0.1, 0.15) is 7.85 Å². The zero-order valence-electron chi connectivity index (χ0n) is 15.5. The van der Waals surface area contributed by atoms with E-state index < -0.39 is 0 Å². The highest BCUT2D eigenvalue weighted by atomic mass is 32.1. The Labute approximate surface area is 172 Å². The van der Waals surface area contributed by atoms with Crippen LogP contribution in [0.3, 0.4) is 0 Å². The van der Waals surface area contributed by atoms with Crippen molar-refractivity contribution < 1.29 is 14.3 Å². The summed E-state index contributed by atoms with van der Waals surface area (Å²) in [5.74, 6) is 1.16. The van der Waals surface area contributed by atoms with Gasteiger partial charge in [0.2, 0.25) is 11.9 Å². The molecule has 140 valence electrons. The Hall–Kier alpha value is -3.39. The summed E-state index contributed by atoms with van der Waals surface area (Å²) in [4.78, 5) is 17.6. The number of fused-ring (bicyclic) bond motifs is 1. The predicted octanol–water partition coefficient (Wildman–Crippen LogP) is 3.14. The van der Waals surface area contributed by atoms with Gasteiger partial charge in [0.05, 0.1) is 17.0 Å². The molecule has 0 N–H and O–H groups in total. The summed E-state index contributed by atoms with van der Waals surface area (Å²) in [6.07, 6.45) is 1.80. The van der Waals surface area contributed by atoms with Crippen molar-refractivity contribution in [1.29, 1.82) is 0 Å². The van der Waals surface area contributed by atoms with Gasteiger partial charge < -0.3 is 9.47 Å². The van der Waals surface area contributed by atoms with E-state index in [-0.39, 0.29) is 12.7 Å². The molecule has 6 nitrogen and oxygen atoms in total. The summed E-state index contributed by atoms with van der Waals surface area (Å²) in [7, 11) is 5.74. The van der Waals surface area contributed by atoms with Gasteiger partial charge in [0.25, 0.3) is 5.91 Å². The average Bonchev–Trinajstić information content (AvgIpc) is 3.44. The number of hydrogen-bond acceptors (Lipinski definition) is 6. The molecule has 0 atom stereocenters. The molecule has 0 fully saturated rings. The summed E-state index contributed by atoms with van der Waals surface area (Å²) in [6, 6.07) is 13.0. The largest absolute Gasteiger partial charge is 0.454 e. The second kappa shape index (κ2) is 6.90. The molecule has 0 bridgehead atoms. The van der Waals surface area contributed by atoms with Gasteiger partial charge in [0, 0.05) is 10.9 Å². The summed E-state index contributed by atoms with van der Waals surface area (Å²) in [5.41, 5.74) is 4.40. The van der Waals surface area contributed by atoms with E-state index in [1.807, 2.05) is 54.8 Å². The van der Waals surface area contributed by atoms with Gasteiger partial charge in [-0.1, -0.05) is 35.8 Å². The van der Waals surface area contributed by atoms with Crippen molar-refractivity contribution in [2.45, 2.75) is 6.92 Å². The monoisotopic (exact) mass is 399 g/mol. The molecule has 3 aromatic rings. The summed E-state index contributed by atoms with van der Waals surface area (Å²) < 4.78 is 10.7. The third-order valence-electron chi connectivity index (χ3n) is 4.65. The molecule has 2 aromatic carbocycles. The van der Waals surface area contributed by atoms with Crippen LogP contribution in [0.5, 0.6) is 11.5 Å². The SMILES string of the molecule is [B]c1ccc(-c2csc(N3N=C(C)/C(=C/c4ccc5c(c4)OCO5)C3=O)n2)cc1. The van der Waals surface area contributed by atoms with Crippen molar-refractivity contribution in [3.63, 3.8) is 0 Å². The van der Waals surface area contributed by atoms with Crippen molar-refractivity contribution >= 4 is 47.5 Å². The van der Waals surface area contributed by atoms with E-state index in [0.29, 0.717) is 33.4 Å². The van der Waals surface area contributed by atoms with Gasteiger partial charge in [-0.05, 0) is 30.7 Å². The van der Waals surface area contributed by atoms with Crippen LogP contribution >= 0.6 is 11.3 Å². The summed E-state index contributed by atoms with van der Waals surface area (Å²) in [5, 5.41) is 8.19. The third kappa shape index (κ3) is 3.21. The van der Waals surface area contributed by atoms with Crippen LogP contribution < -0.4 is 19.9 Å². The number of anilines is 1. The van der Waals surface area contributed by atoms with E-state index in [2.05, 4.69) is 10.1 Å². The standard InChI is InChI=1S/C21H14BN3O3S/c1-12-16(8-13-2-7-18-19(9-13)28-11-27-18)20(26)25(24-12)21-23-17(10-29-21)14-3-5-15(22)6-4-14/h2-10H,11H2,1H3/b16-8-. The second-order valence-corrected chi connectivity index (χ2v) is 7.45. The Kier molecular flexibility index (Phi) is 4.21. The Morgan fingerprint density at radius 1 is 1.14 bits per heavy atom. The van der Waals surface area contributed by atoms with Crippen LogP contribution in [0.4, 0.5) is 5.13 Å². The summed E-state index contributed by atoms with van der Waals surface area (Å²) in [6.45, 7) is 2.02. The highest BCUT2D eigenvalue weighted by molar-refractivity contribution is 7.14. The molecule has 0 aliphatic carbocycles. The molecule has 0 saturated carbocycles. The Morgan fingerprint density at radius 3 is 2.76 bits per heavy atom. The quantitative estimate of drug-likeness (QED) is 0.502. The number of ether oxygens (including phenoxy) is 2. The number of aromatic nitrogens is 1. The molecular formula is C21H14BN3O3S. The molecule has 29 heavy (non-hydrogen) atoms. The number of carbonyl (C=O) groups is 1. The predicted molar refractivity (Wildman–Crippen MR) is 114 cm³/mol. The maximum absolute atomic E-state index is 13.0. The van der Waals surface area contributed by atoms with Crippen LogP contribution in [0.15, 0.2) is 58.5 Å². The highest BCUT2D eigenvalue weighted by Crippen LogP contribution is 2.34. The molecule has 1 amide bonds. The molecule has 1 aromatic heterocycles. The van der Waals surface area contributed by atoms with E-state index in [0.717, 1.165) is 16.8 Å². The van der Waals surface area contributed by atoms with Crippen LogP contribution in [-0.4, -0.2) is 31.2 Å². The fourth-order valence-electron chi connectivity index (χ4n) is 3.13. The first-order valence-corrected chi connectivity index (χ1v) is 9.79. The number of carbonyl (C=O) groups excluding carboxylic acids is 1. The fourth-order valence-corrected chi connectivity index (χ4v) is 3.91. The lowest BCUT2D eigenvalue weighted by Crippen LogP contribution is -2.21. The lowest BCUT2D eigenvalue weighted by Gasteiger charge is -2.07. The number of amides is 1. The first kappa shape index (κ1) is 17.7. The van der Waals surface area contributed by atoms with Gasteiger partial charge >= 0.3 is 0 Å². The Morgan fingerprint density at radius 2 is 1.93 bits per heavy atom. The first-order chi connectivity index (χ1) is 14.1. The Balaban J connectivity index is 1.42. The third-order valence-corrected chi connectivity index (χ3v) is 5.47. The molecule has 0 saturated heterocycles. The van der Waals surface area contributed by atoms with Gasteiger partial charge in [0.15, 0.2) is 11.5 Å². The van der Waals surface area contributed by atoms with Crippen LogP contribution in [0.1, 0.15) is 12.5 Å². The van der Waals surface area contributed by atoms with Gasteiger partial charge in [-0.2, -0.15) is 10.1 Å². The molecule has 2 aliphatic heterocycles. The minimum absolute atomic E-state index is 0.210. The minimum Gasteiger partial charge on any atom is -0.454 e. The number of hydrazone groups is 1. The lowest BCUT2D eigenvalue weighted by molar-refractivity contribution is -0.114. The lowest BCUT2D eigenvalue weighted by atomic mass is 9.95. The molecule has 5 rings (SSSR count). The number of thiazole rings is 1. The van der Waals surface area contributed by atoms with E-state index >= 15 is 0 Å². The van der Waals surface area contributed by atoms with E-state index in [4.69, 9.17) is 17.3 Å². The van der Waals surface area contributed by atoms with E-state index in [9.17, 15) is 4.79 Å². The van der Waals surface area contributed by atoms with E-state index in [1.54, 1.807) is 6.08 Å². The molecule has 0 spiro atoms. The molecule has 8 heteroatoms. The maximum Gasteiger partial charge on any atom is 0.282 e. The van der Waals surface area contributed by atoms with Crippen LogP contribution in [-0.2, 0) is 4.79 Å². The zero-order chi connectivity index (χ0) is 20.0. The van der Waals surface area contributed by atoms with Crippen LogP contribution in [0.25, 0.3) is 17.3 Å². The van der Waals surface area contributed by atoms with Crippen molar-refractivity contribution in [2.75, 3.05) is 11.8 Å². The molecule has 2 aliphatic rings. The van der Waals surface area contributed by atoms with Crippen LogP contribution in [0, 0.1) is 0 Å². The van der Waals surface area contributed by atoms with Crippen molar-refractivity contribution in [3.8, 4) is 22.8 Å². The topological polar surface area (TPSA) is 64.0 Å². The number of hydrogen-bond donors (Lipinski definition) is 0. The molecule has 0 unspecified atom stereocenters. The van der Waals surface area contributed by atoms with Crippen molar-refractivity contribution in [1.82, 2.24) is 4.98 Å². The van der Waals surface area contributed by atoms with Gasteiger partial charge in [-0.15, -0.1) is 11.3 Å². The average molecular weight is 399 g/mol. The minimum atomic E-state index is -0.210. The smallest absolute Gasteiger partial charge is 0.282 e.